The summed E-state index contributed by atoms with van der Waals surface area (Å²) in [6.45, 7) is 13.0. The van der Waals surface area contributed by atoms with Crippen molar-refractivity contribution in [3.63, 3.8) is 0 Å². The van der Waals surface area contributed by atoms with E-state index in [0.29, 0.717) is 0 Å². The smallest absolute Gasteiger partial charge is 0.545 e. The van der Waals surface area contributed by atoms with Crippen LogP contribution in [0.3, 0.4) is 0 Å². The van der Waals surface area contributed by atoms with Gasteiger partial charge >= 0.3 is 39.0 Å². The van der Waals surface area contributed by atoms with Crippen LogP contribution in [-0.4, -0.2) is 27.2 Å². The van der Waals surface area contributed by atoms with E-state index in [2.05, 4.69) is 27.2 Å². The molecule has 0 rings (SSSR count). The Labute approximate surface area is 100 Å². The van der Waals surface area contributed by atoms with Crippen LogP contribution >= 0.6 is 0 Å². The van der Waals surface area contributed by atoms with Crippen molar-refractivity contribution in [1.82, 2.24) is 0 Å². The molecule has 0 aliphatic carbocycles. The summed E-state index contributed by atoms with van der Waals surface area (Å²) in [4.78, 5) is 31.0. The zero-order valence-electron chi connectivity index (χ0n) is 6.65. The Balaban J connectivity index is -0.00000000267. The first-order valence-electron chi connectivity index (χ1n) is 0.943. The molecule has 0 fully saturated rings. The van der Waals surface area contributed by atoms with E-state index in [-0.39, 0.29) is 53.8 Å². The molecule has 74 valence electrons. The van der Waals surface area contributed by atoms with Crippen LogP contribution in [0.25, 0.3) is 0 Å². The van der Waals surface area contributed by atoms with Crippen molar-refractivity contribution in [2.24, 2.45) is 0 Å². The molecule has 0 aliphatic heterocycles. The summed E-state index contributed by atoms with van der Waals surface area (Å²) in [5, 5.41) is 0. The number of hydrogen-bond donors (Lipinski definition) is 0. The van der Waals surface area contributed by atoms with Gasteiger partial charge in [-0.2, -0.15) is 0 Å². The van der Waals surface area contributed by atoms with Gasteiger partial charge in [-0.3, -0.25) is 27.2 Å². The van der Waals surface area contributed by atoms with Crippen LogP contribution in [0.1, 0.15) is 0 Å². The fraction of sp³-hybridized carbons (Fsp3) is 0. The molecule has 0 N–H and O–H groups in total. The molecular formula is C6H10O4Ru2. The van der Waals surface area contributed by atoms with Gasteiger partial charge in [-0.15, -0.1) is 0 Å². The fourth-order valence-corrected chi connectivity index (χ4v) is 0. The van der Waals surface area contributed by atoms with Crippen LogP contribution in [0.4, 0.5) is 0 Å². The van der Waals surface area contributed by atoms with Gasteiger partial charge in [0.2, 0.25) is 0 Å². The van der Waals surface area contributed by atoms with Crippen molar-refractivity contribution in [2.75, 3.05) is 0 Å². The first-order chi connectivity index (χ1) is 4.00. The summed E-state index contributed by atoms with van der Waals surface area (Å²) in [5.41, 5.74) is 0. The van der Waals surface area contributed by atoms with Crippen molar-refractivity contribution < 1.29 is 58.1 Å². The third-order valence-corrected chi connectivity index (χ3v) is 0. The molecule has 6 heteroatoms. The maximum Gasteiger partial charge on any atom is 3.00 e. The van der Waals surface area contributed by atoms with Gasteiger partial charge in [-0.05, 0) is 0 Å². The molecule has 0 saturated heterocycles. The zero-order chi connectivity index (χ0) is 8.00. The maximum atomic E-state index is 7.75. The van der Waals surface area contributed by atoms with Crippen LogP contribution < -0.4 is 0 Å². The Hall–Kier alpha value is -0.0732. The predicted octanol–water partition coefficient (Wildman–Crippen LogP) is -0.201. The van der Waals surface area contributed by atoms with E-state index < -0.39 is 0 Å². The molecule has 0 atom stereocenters. The Morgan fingerprint density at radius 1 is 0.417 bits per heavy atom. The molecular weight excluding hydrogens is 338 g/mol. The van der Waals surface area contributed by atoms with Crippen LogP contribution in [-0.2, 0) is 58.1 Å². The molecule has 2 radical (unpaired) electrons. The minimum absolute atomic E-state index is 0. The zero-order valence-corrected chi connectivity index (χ0v) is 10.1. The molecule has 0 aromatic carbocycles. The quantitative estimate of drug-likeness (QED) is 0.345. The van der Waals surface area contributed by atoms with Crippen molar-refractivity contribution in [2.45, 2.75) is 0 Å². The molecule has 0 heterocycles. The summed E-state index contributed by atoms with van der Waals surface area (Å²) in [7, 11) is 0. The molecule has 0 bridgehead atoms. The van der Waals surface area contributed by atoms with Gasteiger partial charge in [0.05, 0.1) is 0 Å². The second-order valence-corrected chi connectivity index (χ2v) is 0. The van der Waals surface area contributed by atoms with Gasteiger partial charge in [0.1, 0.15) is 0 Å². The van der Waals surface area contributed by atoms with Crippen LogP contribution in [0.5, 0.6) is 0 Å². The first kappa shape index (κ1) is 92.4. The van der Waals surface area contributed by atoms with Crippen LogP contribution in [0.2, 0.25) is 0 Å². The van der Waals surface area contributed by atoms with E-state index in [9.17, 15) is 0 Å². The molecule has 0 aromatic rings. The van der Waals surface area contributed by atoms with E-state index in [1.807, 2.05) is 0 Å². The molecule has 0 aliphatic rings. The molecule has 12 heavy (non-hydrogen) atoms. The molecule has 0 unspecified atom stereocenters. The Morgan fingerprint density at radius 2 is 0.417 bits per heavy atom. The predicted molar refractivity (Wildman–Crippen MR) is 39.8 cm³/mol. The van der Waals surface area contributed by atoms with Gasteiger partial charge in [-0.1, -0.05) is 0 Å². The minimum atomic E-state index is 0. The standard InChI is InChI=1S/4CHO.2CH3.2Ru/c4*1-2;;;;/h4*1H;2*1H3;;/q6*-1;2*+3. The van der Waals surface area contributed by atoms with Crippen molar-refractivity contribution >= 4 is 27.2 Å². The summed E-state index contributed by atoms with van der Waals surface area (Å²) in [6, 6.07) is 0. The molecule has 0 aromatic heterocycles. The average molecular weight is 348 g/mol. The maximum absolute atomic E-state index is 7.75. The van der Waals surface area contributed by atoms with Crippen molar-refractivity contribution in [1.29, 1.82) is 0 Å². The fourth-order valence-electron chi connectivity index (χ4n) is 0. The Morgan fingerprint density at radius 3 is 0.417 bits per heavy atom. The van der Waals surface area contributed by atoms with E-state index in [1.165, 1.54) is 0 Å². The van der Waals surface area contributed by atoms with Crippen LogP contribution in [0, 0.1) is 14.9 Å². The average Bonchev–Trinajstić information content (AvgIpc) is 2.03. The number of carbonyl (C=O) groups excluding carboxylic acids is 4. The van der Waals surface area contributed by atoms with E-state index in [1.54, 1.807) is 0 Å². The van der Waals surface area contributed by atoms with Gasteiger partial charge in [-0.25, -0.2) is 0 Å². The van der Waals surface area contributed by atoms with Gasteiger partial charge < -0.3 is 34.0 Å². The molecule has 0 amide bonds. The first-order valence-corrected chi connectivity index (χ1v) is 0.943. The van der Waals surface area contributed by atoms with Gasteiger partial charge in [0, 0.05) is 0 Å². The van der Waals surface area contributed by atoms with Crippen molar-refractivity contribution in [3.8, 4) is 0 Å². The second kappa shape index (κ2) is 201000. The minimum Gasteiger partial charge on any atom is -0.545 e. The summed E-state index contributed by atoms with van der Waals surface area (Å²) in [5.74, 6) is 0. The topological polar surface area (TPSA) is 68.3 Å². The summed E-state index contributed by atoms with van der Waals surface area (Å²) >= 11 is 0. The van der Waals surface area contributed by atoms with Crippen LogP contribution in [0.15, 0.2) is 0 Å². The third-order valence-electron chi connectivity index (χ3n) is 0. The Bertz CT molecular complexity index is 25.5. The number of rotatable bonds is 0. The van der Waals surface area contributed by atoms with Gasteiger partial charge in [0.25, 0.3) is 0 Å². The van der Waals surface area contributed by atoms with E-state index in [0.717, 1.165) is 0 Å². The molecule has 4 nitrogen and oxygen atoms in total. The monoisotopic (exact) mass is 350 g/mol. The largest absolute Gasteiger partial charge is 3.00 e. The van der Waals surface area contributed by atoms with Gasteiger partial charge in [0.15, 0.2) is 0 Å². The summed E-state index contributed by atoms with van der Waals surface area (Å²) in [6.07, 6.45) is 0. The normalized spacial score (nSPS) is 1.33. The Kier molecular flexibility index (Phi) is 1540000. The second-order valence-electron chi connectivity index (χ2n) is 0. The summed E-state index contributed by atoms with van der Waals surface area (Å²) < 4.78 is 0. The number of hydrogen-bond acceptors (Lipinski definition) is 4. The van der Waals surface area contributed by atoms with Crippen molar-refractivity contribution in [3.05, 3.63) is 14.9 Å². The SMILES string of the molecule is [CH-]=O.[CH-]=O.[CH-]=O.[CH-]=O.[CH3-].[CH3-].[Ru+3].[Ru+3]. The molecule has 0 spiro atoms. The van der Waals surface area contributed by atoms with E-state index in [4.69, 9.17) is 19.2 Å². The third kappa shape index (κ3) is 147000. The molecule has 0 saturated carbocycles. The van der Waals surface area contributed by atoms with E-state index >= 15 is 0 Å².